The normalized spacial score (nSPS) is 24.4. The molecule has 19 heavy (non-hydrogen) atoms. The predicted molar refractivity (Wildman–Crippen MR) is 73.8 cm³/mol. The van der Waals surface area contributed by atoms with E-state index in [4.69, 9.17) is 5.11 Å². The molecule has 1 aliphatic heterocycles. The van der Waals surface area contributed by atoms with E-state index in [1.165, 1.54) is 0 Å². The van der Waals surface area contributed by atoms with Crippen LogP contribution in [0.1, 0.15) is 46.5 Å². The Morgan fingerprint density at radius 1 is 1.37 bits per heavy atom. The Hall–Kier alpha value is -1.10. The van der Waals surface area contributed by atoms with Crippen molar-refractivity contribution in [2.45, 2.75) is 52.5 Å². The molecule has 0 radical (unpaired) electrons. The van der Waals surface area contributed by atoms with Crippen molar-refractivity contribution in [3.63, 3.8) is 0 Å². The average Bonchev–Trinajstić information content (AvgIpc) is 2.78. The van der Waals surface area contributed by atoms with Gasteiger partial charge in [0.15, 0.2) is 0 Å². The summed E-state index contributed by atoms with van der Waals surface area (Å²) in [5.41, 5.74) is -0.305. The van der Waals surface area contributed by atoms with Gasteiger partial charge >= 0.3 is 5.97 Å². The summed E-state index contributed by atoms with van der Waals surface area (Å²) in [5, 5.41) is 14.9. The van der Waals surface area contributed by atoms with Gasteiger partial charge in [0.1, 0.15) is 0 Å². The molecule has 1 rings (SSSR count). The van der Waals surface area contributed by atoms with Gasteiger partial charge in [0, 0.05) is 19.0 Å². The molecule has 1 amide bonds. The highest BCUT2D eigenvalue weighted by Gasteiger charge is 2.43. The van der Waals surface area contributed by atoms with Gasteiger partial charge in [0.25, 0.3) is 0 Å². The Morgan fingerprint density at radius 3 is 2.53 bits per heavy atom. The summed E-state index contributed by atoms with van der Waals surface area (Å²) < 4.78 is 0. The lowest BCUT2D eigenvalue weighted by atomic mass is 9.75. The third-order valence-corrected chi connectivity index (χ3v) is 4.15. The number of hydrogen-bond donors (Lipinski definition) is 3. The molecule has 1 saturated heterocycles. The molecule has 0 bridgehead atoms. The predicted octanol–water partition coefficient (Wildman–Crippen LogP) is 1.38. The molecule has 5 heteroatoms. The smallest absolute Gasteiger partial charge is 0.303 e. The summed E-state index contributed by atoms with van der Waals surface area (Å²) in [5.74, 6) is -0.374. The second-order valence-electron chi connectivity index (χ2n) is 5.90. The number of amides is 1. The van der Waals surface area contributed by atoms with E-state index in [1.807, 2.05) is 6.92 Å². The molecule has 0 saturated carbocycles. The topological polar surface area (TPSA) is 78.4 Å². The van der Waals surface area contributed by atoms with Crippen molar-refractivity contribution in [2.75, 3.05) is 13.1 Å². The standard InChI is InChI=1S/C14H26N2O3/c1-10(2)14(7-8-15-9-14)13(19)16-11(3)5-4-6-12(17)18/h10-11,15H,4-9H2,1-3H3,(H,16,19)(H,17,18). The van der Waals surface area contributed by atoms with Crippen LogP contribution < -0.4 is 10.6 Å². The Labute approximate surface area is 115 Å². The van der Waals surface area contributed by atoms with Gasteiger partial charge in [-0.15, -0.1) is 0 Å². The molecular formula is C14H26N2O3. The van der Waals surface area contributed by atoms with Crippen LogP contribution in [0.2, 0.25) is 0 Å². The first-order chi connectivity index (χ1) is 8.88. The minimum Gasteiger partial charge on any atom is -0.481 e. The lowest BCUT2D eigenvalue weighted by molar-refractivity contribution is -0.137. The fourth-order valence-electron chi connectivity index (χ4n) is 2.66. The molecule has 0 aromatic rings. The highest BCUT2D eigenvalue weighted by Crippen LogP contribution is 2.34. The summed E-state index contributed by atoms with van der Waals surface area (Å²) >= 11 is 0. The zero-order valence-corrected chi connectivity index (χ0v) is 12.2. The second kappa shape index (κ2) is 6.89. The van der Waals surface area contributed by atoms with E-state index in [2.05, 4.69) is 24.5 Å². The Morgan fingerprint density at radius 2 is 2.05 bits per heavy atom. The van der Waals surface area contributed by atoms with Crippen molar-refractivity contribution in [2.24, 2.45) is 11.3 Å². The number of rotatable bonds is 7. The van der Waals surface area contributed by atoms with Crippen molar-refractivity contribution in [1.82, 2.24) is 10.6 Å². The summed E-state index contributed by atoms with van der Waals surface area (Å²) in [6.07, 6.45) is 2.35. The number of hydrogen-bond acceptors (Lipinski definition) is 3. The summed E-state index contributed by atoms with van der Waals surface area (Å²) in [6, 6.07) is 0.0306. The molecule has 3 N–H and O–H groups in total. The number of aliphatic carboxylic acids is 1. The van der Waals surface area contributed by atoms with Crippen LogP contribution in [0.3, 0.4) is 0 Å². The monoisotopic (exact) mass is 270 g/mol. The zero-order valence-electron chi connectivity index (χ0n) is 12.2. The molecule has 2 atom stereocenters. The third kappa shape index (κ3) is 4.20. The summed E-state index contributed by atoms with van der Waals surface area (Å²) in [6.45, 7) is 7.73. The largest absolute Gasteiger partial charge is 0.481 e. The van der Waals surface area contributed by atoms with Crippen LogP contribution in [-0.2, 0) is 9.59 Å². The van der Waals surface area contributed by atoms with E-state index in [-0.39, 0.29) is 23.8 Å². The minimum atomic E-state index is -0.780. The number of carbonyl (C=O) groups is 2. The molecule has 110 valence electrons. The zero-order chi connectivity index (χ0) is 14.5. The number of carboxylic acids is 1. The van der Waals surface area contributed by atoms with Gasteiger partial charge in [-0.1, -0.05) is 13.8 Å². The summed E-state index contributed by atoms with van der Waals surface area (Å²) in [4.78, 5) is 22.9. The molecule has 0 aliphatic carbocycles. The SMILES string of the molecule is CC(CCCC(=O)O)NC(=O)C1(C(C)C)CCNC1. The molecule has 0 aromatic carbocycles. The number of carbonyl (C=O) groups excluding carboxylic acids is 1. The first-order valence-electron chi connectivity index (χ1n) is 7.12. The van der Waals surface area contributed by atoms with Crippen molar-refractivity contribution in [1.29, 1.82) is 0 Å². The molecule has 2 unspecified atom stereocenters. The van der Waals surface area contributed by atoms with E-state index in [0.29, 0.717) is 18.8 Å². The van der Waals surface area contributed by atoms with Gasteiger partial charge in [-0.3, -0.25) is 9.59 Å². The van der Waals surface area contributed by atoms with Crippen LogP contribution in [-0.4, -0.2) is 36.1 Å². The lowest BCUT2D eigenvalue weighted by Gasteiger charge is -2.32. The first kappa shape index (κ1) is 16.0. The van der Waals surface area contributed by atoms with E-state index in [9.17, 15) is 9.59 Å². The highest BCUT2D eigenvalue weighted by atomic mass is 16.4. The van der Waals surface area contributed by atoms with Crippen LogP contribution >= 0.6 is 0 Å². The maximum absolute atomic E-state index is 12.4. The Bertz CT molecular complexity index is 323. The molecule has 1 fully saturated rings. The van der Waals surface area contributed by atoms with Crippen molar-refractivity contribution in [3.05, 3.63) is 0 Å². The molecule has 1 aliphatic rings. The second-order valence-corrected chi connectivity index (χ2v) is 5.90. The van der Waals surface area contributed by atoms with Crippen LogP contribution in [0.25, 0.3) is 0 Å². The van der Waals surface area contributed by atoms with E-state index in [1.54, 1.807) is 0 Å². The Balaban J connectivity index is 2.46. The molecule has 0 aromatic heterocycles. The van der Waals surface area contributed by atoms with Gasteiger partial charge in [-0.25, -0.2) is 0 Å². The first-order valence-corrected chi connectivity index (χ1v) is 7.12. The van der Waals surface area contributed by atoms with Crippen LogP contribution in [0.4, 0.5) is 0 Å². The average molecular weight is 270 g/mol. The van der Waals surface area contributed by atoms with Gasteiger partial charge < -0.3 is 15.7 Å². The van der Waals surface area contributed by atoms with Crippen LogP contribution in [0.15, 0.2) is 0 Å². The lowest BCUT2D eigenvalue weighted by Crippen LogP contribution is -2.48. The third-order valence-electron chi connectivity index (χ3n) is 4.15. The highest BCUT2D eigenvalue weighted by molar-refractivity contribution is 5.83. The van der Waals surface area contributed by atoms with Crippen molar-refractivity contribution < 1.29 is 14.7 Å². The quantitative estimate of drug-likeness (QED) is 0.653. The molecule has 5 nitrogen and oxygen atoms in total. The Kier molecular flexibility index (Phi) is 5.79. The van der Waals surface area contributed by atoms with Gasteiger partial charge in [-0.05, 0) is 38.6 Å². The van der Waals surface area contributed by atoms with Crippen LogP contribution in [0, 0.1) is 11.3 Å². The van der Waals surface area contributed by atoms with E-state index in [0.717, 1.165) is 19.5 Å². The molecular weight excluding hydrogens is 244 g/mol. The van der Waals surface area contributed by atoms with Crippen LogP contribution in [0.5, 0.6) is 0 Å². The fraction of sp³-hybridized carbons (Fsp3) is 0.857. The van der Waals surface area contributed by atoms with Crippen molar-refractivity contribution in [3.8, 4) is 0 Å². The maximum Gasteiger partial charge on any atom is 0.303 e. The number of carboxylic acid groups (broad SMARTS) is 1. The molecule has 1 heterocycles. The van der Waals surface area contributed by atoms with Gasteiger partial charge in [0.2, 0.25) is 5.91 Å². The van der Waals surface area contributed by atoms with E-state index < -0.39 is 5.97 Å². The minimum absolute atomic E-state index is 0.0306. The molecule has 0 spiro atoms. The number of nitrogens with one attached hydrogen (secondary N) is 2. The summed E-state index contributed by atoms with van der Waals surface area (Å²) in [7, 11) is 0. The van der Waals surface area contributed by atoms with E-state index >= 15 is 0 Å². The fourth-order valence-corrected chi connectivity index (χ4v) is 2.66. The van der Waals surface area contributed by atoms with Gasteiger partial charge in [-0.2, -0.15) is 0 Å². The maximum atomic E-state index is 12.4. The van der Waals surface area contributed by atoms with Crippen molar-refractivity contribution >= 4 is 11.9 Å². The van der Waals surface area contributed by atoms with Gasteiger partial charge in [0.05, 0.1) is 5.41 Å².